The number of nitrogens with two attached hydrogens (primary N) is 1. The van der Waals surface area contributed by atoms with Crippen LogP contribution >= 0.6 is 0 Å². The van der Waals surface area contributed by atoms with Gasteiger partial charge in [0.15, 0.2) is 0 Å². The highest BCUT2D eigenvalue weighted by Crippen LogP contribution is 2.28. The van der Waals surface area contributed by atoms with Crippen LogP contribution in [-0.4, -0.2) is 23.4 Å². The zero-order chi connectivity index (χ0) is 14.2. The van der Waals surface area contributed by atoms with Crippen LogP contribution in [-0.2, 0) is 0 Å². The number of carbonyl (C=O) groups excluding carboxylic acids is 1. The van der Waals surface area contributed by atoms with E-state index in [0.717, 1.165) is 23.4 Å². The fourth-order valence-electron chi connectivity index (χ4n) is 2.96. The number of nitrogens with zero attached hydrogens (tertiary/aromatic N) is 1. The molecule has 0 aliphatic carbocycles. The molecule has 1 aliphatic rings. The van der Waals surface area contributed by atoms with Crippen LogP contribution in [0.4, 0.5) is 5.69 Å². The third kappa shape index (κ3) is 2.75. The van der Waals surface area contributed by atoms with Crippen LogP contribution in [0, 0.1) is 18.8 Å². The molecular weight excluding hydrogens is 236 g/mol. The summed E-state index contributed by atoms with van der Waals surface area (Å²) in [5, 5.41) is 0. The Morgan fingerprint density at radius 2 is 2.00 bits per heavy atom. The smallest absolute Gasteiger partial charge is 0.254 e. The van der Waals surface area contributed by atoms with Crippen LogP contribution in [0.25, 0.3) is 0 Å². The van der Waals surface area contributed by atoms with E-state index in [9.17, 15) is 4.79 Å². The SMILES string of the molecule is Cc1cc(C(=O)N2CC(C)CC(C)C2C)ccc1N. The van der Waals surface area contributed by atoms with Gasteiger partial charge in [0, 0.05) is 23.8 Å². The minimum Gasteiger partial charge on any atom is -0.399 e. The van der Waals surface area contributed by atoms with E-state index in [-0.39, 0.29) is 5.91 Å². The lowest BCUT2D eigenvalue weighted by Gasteiger charge is -2.41. The Morgan fingerprint density at radius 3 is 2.63 bits per heavy atom. The van der Waals surface area contributed by atoms with Gasteiger partial charge in [-0.1, -0.05) is 13.8 Å². The quantitative estimate of drug-likeness (QED) is 0.789. The Bertz CT molecular complexity index is 484. The molecule has 0 spiro atoms. The summed E-state index contributed by atoms with van der Waals surface area (Å²) in [6, 6.07) is 5.86. The molecule has 1 aromatic carbocycles. The molecule has 19 heavy (non-hydrogen) atoms. The molecule has 2 N–H and O–H groups in total. The molecule has 1 heterocycles. The molecule has 0 bridgehead atoms. The highest BCUT2D eigenvalue weighted by molar-refractivity contribution is 5.95. The van der Waals surface area contributed by atoms with Crippen LogP contribution in [0.1, 0.15) is 43.1 Å². The standard InChI is InChI=1S/C16H24N2O/c1-10-7-11(2)13(4)18(9-10)16(19)14-5-6-15(17)12(3)8-14/h5-6,8,10-11,13H,7,9,17H2,1-4H3. The Kier molecular flexibility index (Phi) is 3.83. The zero-order valence-corrected chi connectivity index (χ0v) is 12.3. The second-order valence-corrected chi connectivity index (χ2v) is 6.09. The highest BCUT2D eigenvalue weighted by Gasteiger charge is 2.32. The molecular formula is C16H24N2O. The van der Waals surface area contributed by atoms with Crippen molar-refractivity contribution in [3.05, 3.63) is 29.3 Å². The van der Waals surface area contributed by atoms with Crippen molar-refractivity contribution in [3.8, 4) is 0 Å². The molecule has 0 saturated carbocycles. The number of amides is 1. The number of rotatable bonds is 1. The molecule has 2 rings (SSSR count). The highest BCUT2D eigenvalue weighted by atomic mass is 16.2. The van der Waals surface area contributed by atoms with Crippen molar-refractivity contribution in [1.82, 2.24) is 4.90 Å². The molecule has 104 valence electrons. The number of piperidine rings is 1. The summed E-state index contributed by atoms with van der Waals surface area (Å²) in [4.78, 5) is 14.7. The predicted octanol–water partition coefficient (Wildman–Crippen LogP) is 3.08. The summed E-state index contributed by atoms with van der Waals surface area (Å²) < 4.78 is 0. The van der Waals surface area contributed by atoms with Crippen molar-refractivity contribution >= 4 is 11.6 Å². The van der Waals surface area contributed by atoms with Crippen molar-refractivity contribution in [2.75, 3.05) is 12.3 Å². The maximum atomic E-state index is 12.6. The van der Waals surface area contributed by atoms with Gasteiger partial charge in [0.05, 0.1) is 0 Å². The predicted molar refractivity (Wildman–Crippen MR) is 79.0 cm³/mol. The average Bonchev–Trinajstić information content (AvgIpc) is 2.36. The van der Waals surface area contributed by atoms with Gasteiger partial charge >= 0.3 is 0 Å². The van der Waals surface area contributed by atoms with Crippen LogP contribution < -0.4 is 5.73 Å². The van der Waals surface area contributed by atoms with E-state index in [4.69, 9.17) is 5.73 Å². The molecule has 1 aromatic rings. The van der Waals surface area contributed by atoms with E-state index in [1.165, 1.54) is 6.42 Å². The van der Waals surface area contributed by atoms with Gasteiger partial charge in [-0.15, -0.1) is 0 Å². The van der Waals surface area contributed by atoms with E-state index in [0.29, 0.717) is 17.9 Å². The van der Waals surface area contributed by atoms with Gasteiger partial charge in [-0.05, 0) is 55.9 Å². The fraction of sp³-hybridized carbons (Fsp3) is 0.562. The summed E-state index contributed by atoms with van der Waals surface area (Å²) in [6.45, 7) is 9.40. The molecule has 3 heteroatoms. The lowest BCUT2D eigenvalue weighted by molar-refractivity contribution is 0.0455. The number of hydrogen-bond donors (Lipinski definition) is 1. The van der Waals surface area contributed by atoms with Gasteiger partial charge in [-0.25, -0.2) is 0 Å². The number of anilines is 1. The first-order valence-electron chi connectivity index (χ1n) is 7.07. The third-order valence-electron chi connectivity index (χ3n) is 4.38. The Balaban J connectivity index is 2.24. The van der Waals surface area contributed by atoms with Crippen molar-refractivity contribution in [2.45, 2.75) is 40.2 Å². The van der Waals surface area contributed by atoms with Gasteiger partial charge in [-0.2, -0.15) is 0 Å². The normalized spacial score (nSPS) is 27.4. The van der Waals surface area contributed by atoms with Crippen LogP contribution in [0.5, 0.6) is 0 Å². The largest absolute Gasteiger partial charge is 0.399 e. The topological polar surface area (TPSA) is 46.3 Å². The van der Waals surface area contributed by atoms with Crippen LogP contribution in [0.15, 0.2) is 18.2 Å². The Labute approximate surface area is 115 Å². The summed E-state index contributed by atoms with van der Waals surface area (Å²) in [6.07, 6.45) is 1.20. The van der Waals surface area contributed by atoms with Crippen molar-refractivity contribution in [2.24, 2.45) is 11.8 Å². The third-order valence-corrected chi connectivity index (χ3v) is 4.38. The minimum atomic E-state index is 0.133. The number of aryl methyl sites for hydroxylation is 1. The van der Waals surface area contributed by atoms with Crippen molar-refractivity contribution < 1.29 is 4.79 Å². The van der Waals surface area contributed by atoms with Gasteiger partial charge in [-0.3, -0.25) is 4.79 Å². The number of carbonyl (C=O) groups is 1. The summed E-state index contributed by atoms with van der Waals surface area (Å²) >= 11 is 0. The van der Waals surface area contributed by atoms with E-state index in [1.54, 1.807) is 0 Å². The Morgan fingerprint density at radius 1 is 1.32 bits per heavy atom. The molecule has 1 aliphatic heterocycles. The van der Waals surface area contributed by atoms with Crippen molar-refractivity contribution in [1.29, 1.82) is 0 Å². The monoisotopic (exact) mass is 260 g/mol. The number of nitrogen functional groups attached to an aromatic ring is 1. The Hall–Kier alpha value is -1.51. The van der Waals surface area contributed by atoms with Crippen LogP contribution in [0.2, 0.25) is 0 Å². The van der Waals surface area contributed by atoms with E-state index in [1.807, 2.05) is 30.0 Å². The van der Waals surface area contributed by atoms with E-state index < -0.39 is 0 Å². The molecule has 3 unspecified atom stereocenters. The average molecular weight is 260 g/mol. The van der Waals surface area contributed by atoms with Crippen molar-refractivity contribution in [3.63, 3.8) is 0 Å². The second kappa shape index (κ2) is 5.24. The maximum Gasteiger partial charge on any atom is 0.254 e. The first kappa shape index (κ1) is 13.9. The minimum absolute atomic E-state index is 0.133. The number of likely N-dealkylation sites (tertiary alicyclic amines) is 1. The first-order chi connectivity index (χ1) is 8.90. The molecule has 0 radical (unpaired) electrons. The first-order valence-corrected chi connectivity index (χ1v) is 7.07. The lowest BCUT2D eigenvalue weighted by Crippen LogP contribution is -2.48. The number of benzene rings is 1. The molecule has 3 atom stereocenters. The van der Waals surface area contributed by atoms with Gasteiger partial charge in [0.2, 0.25) is 0 Å². The fourth-order valence-corrected chi connectivity index (χ4v) is 2.96. The van der Waals surface area contributed by atoms with Gasteiger partial charge < -0.3 is 10.6 Å². The maximum absolute atomic E-state index is 12.6. The summed E-state index contributed by atoms with van der Waals surface area (Å²) in [7, 11) is 0. The summed E-state index contributed by atoms with van der Waals surface area (Å²) in [5.74, 6) is 1.27. The van der Waals surface area contributed by atoms with Gasteiger partial charge in [0.25, 0.3) is 5.91 Å². The van der Waals surface area contributed by atoms with Crippen LogP contribution in [0.3, 0.4) is 0 Å². The second-order valence-electron chi connectivity index (χ2n) is 6.09. The molecule has 1 amide bonds. The molecule has 3 nitrogen and oxygen atoms in total. The zero-order valence-electron chi connectivity index (χ0n) is 12.3. The molecule has 0 aromatic heterocycles. The van der Waals surface area contributed by atoms with E-state index >= 15 is 0 Å². The molecule has 1 saturated heterocycles. The van der Waals surface area contributed by atoms with Gasteiger partial charge in [0.1, 0.15) is 0 Å². The molecule has 1 fully saturated rings. The van der Waals surface area contributed by atoms with E-state index in [2.05, 4.69) is 20.8 Å². The number of hydrogen-bond acceptors (Lipinski definition) is 2. The lowest BCUT2D eigenvalue weighted by atomic mass is 9.85. The summed E-state index contributed by atoms with van der Waals surface area (Å²) in [5.41, 5.74) is 8.27.